The van der Waals surface area contributed by atoms with Crippen molar-refractivity contribution in [3.05, 3.63) is 23.8 Å². The quantitative estimate of drug-likeness (QED) is 0.846. The van der Waals surface area contributed by atoms with E-state index < -0.39 is 0 Å². The lowest BCUT2D eigenvalue weighted by Gasteiger charge is -2.35. The third-order valence-corrected chi connectivity index (χ3v) is 5.52. The fourth-order valence-corrected chi connectivity index (χ4v) is 3.88. The van der Waals surface area contributed by atoms with Crippen LogP contribution in [0.25, 0.3) is 0 Å². The van der Waals surface area contributed by atoms with Gasteiger partial charge in [0, 0.05) is 25.2 Å². The number of aromatic hydroxyl groups is 1. The SMILES string of the molecule is COc1ccc(C(=O)NCC2CCN(C3CCN(C)CC3)C2)c(O)c1. The van der Waals surface area contributed by atoms with Crippen LogP contribution in [0, 0.1) is 5.92 Å². The summed E-state index contributed by atoms with van der Waals surface area (Å²) in [5.41, 5.74) is 0.297. The minimum absolute atomic E-state index is 0.0452. The lowest BCUT2D eigenvalue weighted by Crippen LogP contribution is -2.43. The third-order valence-electron chi connectivity index (χ3n) is 5.52. The lowest BCUT2D eigenvalue weighted by molar-refractivity contribution is 0.0942. The molecule has 0 aliphatic carbocycles. The molecular weight excluding hydrogens is 318 g/mol. The Morgan fingerprint density at radius 1 is 1.28 bits per heavy atom. The molecule has 1 amide bonds. The van der Waals surface area contributed by atoms with Crippen molar-refractivity contribution in [3.8, 4) is 11.5 Å². The smallest absolute Gasteiger partial charge is 0.255 e. The van der Waals surface area contributed by atoms with Crippen molar-refractivity contribution in [1.82, 2.24) is 15.1 Å². The van der Waals surface area contributed by atoms with Crippen LogP contribution in [-0.4, -0.2) is 73.7 Å². The second-order valence-corrected chi connectivity index (χ2v) is 7.28. The number of phenolic OH excluding ortho intramolecular Hbond substituents is 1. The van der Waals surface area contributed by atoms with Crippen LogP contribution in [0.3, 0.4) is 0 Å². The van der Waals surface area contributed by atoms with Gasteiger partial charge in [-0.05, 0) is 64.0 Å². The van der Waals surface area contributed by atoms with Crippen LogP contribution >= 0.6 is 0 Å². The molecule has 6 nitrogen and oxygen atoms in total. The maximum atomic E-state index is 12.3. The third kappa shape index (κ3) is 4.44. The number of carbonyl (C=O) groups is 1. The lowest BCUT2D eigenvalue weighted by atomic mass is 10.0. The predicted molar refractivity (Wildman–Crippen MR) is 97.2 cm³/mol. The van der Waals surface area contributed by atoms with E-state index in [0.717, 1.165) is 19.5 Å². The van der Waals surface area contributed by atoms with Gasteiger partial charge in [-0.25, -0.2) is 0 Å². The number of carbonyl (C=O) groups excluding carboxylic acids is 1. The van der Waals surface area contributed by atoms with E-state index in [4.69, 9.17) is 4.74 Å². The monoisotopic (exact) mass is 347 g/mol. The molecule has 1 aromatic rings. The number of benzene rings is 1. The van der Waals surface area contributed by atoms with Crippen molar-refractivity contribution < 1.29 is 14.6 Å². The van der Waals surface area contributed by atoms with E-state index in [0.29, 0.717) is 29.8 Å². The largest absolute Gasteiger partial charge is 0.507 e. The second-order valence-electron chi connectivity index (χ2n) is 7.28. The second kappa shape index (κ2) is 8.06. The van der Waals surface area contributed by atoms with E-state index in [1.54, 1.807) is 12.1 Å². The van der Waals surface area contributed by atoms with Crippen molar-refractivity contribution in [1.29, 1.82) is 0 Å². The van der Waals surface area contributed by atoms with Crippen LogP contribution in [0.15, 0.2) is 18.2 Å². The van der Waals surface area contributed by atoms with Crippen LogP contribution in [0.5, 0.6) is 11.5 Å². The van der Waals surface area contributed by atoms with Crippen LogP contribution in [-0.2, 0) is 0 Å². The summed E-state index contributed by atoms with van der Waals surface area (Å²) >= 11 is 0. The van der Waals surface area contributed by atoms with Crippen molar-refractivity contribution >= 4 is 5.91 Å². The van der Waals surface area contributed by atoms with E-state index in [9.17, 15) is 9.90 Å². The van der Waals surface area contributed by atoms with Gasteiger partial charge in [0.25, 0.3) is 5.91 Å². The highest BCUT2D eigenvalue weighted by molar-refractivity contribution is 5.97. The fraction of sp³-hybridized carbons (Fsp3) is 0.632. The molecular formula is C19H29N3O3. The highest BCUT2D eigenvalue weighted by atomic mass is 16.5. The molecule has 0 aromatic heterocycles. The fourth-order valence-electron chi connectivity index (χ4n) is 3.88. The van der Waals surface area contributed by atoms with Gasteiger partial charge in [-0.2, -0.15) is 0 Å². The van der Waals surface area contributed by atoms with Crippen molar-refractivity contribution in [2.75, 3.05) is 46.9 Å². The molecule has 0 radical (unpaired) electrons. The zero-order chi connectivity index (χ0) is 17.8. The molecule has 2 aliphatic heterocycles. The van der Waals surface area contributed by atoms with E-state index in [1.807, 2.05) is 0 Å². The van der Waals surface area contributed by atoms with Crippen LogP contribution < -0.4 is 10.1 Å². The molecule has 1 atom stereocenters. The van der Waals surface area contributed by atoms with Gasteiger partial charge in [0.2, 0.25) is 0 Å². The summed E-state index contributed by atoms with van der Waals surface area (Å²) in [5, 5.41) is 12.9. The van der Waals surface area contributed by atoms with Gasteiger partial charge in [-0.1, -0.05) is 0 Å². The molecule has 2 fully saturated rings. The molecule has 25 heavy (non-hydrogen) atoms. The molecule has 6 heteroatoms. The average Bonchev–Trinajstić information content (AvgIpc) is 3.09. The summed E-state index contributed by atoms with van der Waals surface area (Å²) in [6.45, 7) is 5.21. The number of hydrogen-bond acceptors (Lipinski definition) is 5. The van der Waals surface area contributed by atoms with Gasteiger partial charge in [-0.15, -0.1) is 0 Å². The van der Waals surface area contributed by atoms with Gasteiger partial charge in [0.15, 0.2) is 0 Å². The summed E-state index contributed by atoms with van der Waals surface area (Å²) in [7, 11) is 3.72. The van der Waals surface area contributed by atoms with Gasteiger partial charge in [-0.3, -0.25) is 9.69 Å². The van der Waals surface area contributed by atoms with Crippen molar-refractivity contribution in [2.45, 2.75) is 25.3 Å². The molecule has 0 saturated carbocycles. The van der Waals surface area contributed by atoms with E-state index in [-0.39, 0.29) is 11.7 Å². The van der Waals surface area contributed by atoms with Crippen LogP contribution in [0.2, 0.25) is 0 Å². The molecule has 2 N–H and O–H groups in total. The molecule has 2 heterocycles. The summed E-state index contributed by atoms with van der Waals surface area (Å²) in [6, 6.07) is 5.45. The van der Waals surface area contributed by atoms with E-state index in [2.05, 4.69) is 22.2 Å². The molecule has 1 unspecified atom stereocenters. The van der Waals surface area contributed by atoms with Gasteiger partial charge in [0.05, 0.1) is 12.7 Å². The minimum Gasteiger partial charge on any atom is -0.507 e. The first-order valence-electron chi connectivity index (χ1n) is 9.14. The topological polar surface area (TPSA) is 65.0 Å². The molecule has 0 spiro atoms. The Labute approximate surface area is 149 Å². The summed E-state index contributed by atoms with van der Waals surface area (Å²) < 4.78 is 5.05. The minimum atomic E-state index is -0.224. The van der Waals surface area contributed by atoms with Gasteiger partial charge >= 0.3 is 0 Å². The number of nitrogens with one attached hydrogen (secondary N) is 1. The van der Waals surface area contributed by atoms with Gasteiger partial charge < -0.3 is 20.1 Å². The molecule has 2 saturated heterocycles. The molecule has 2 aliphatic rings. The number of nitrogens with zero attached hydrogens (tertiary/aromatic N) is 2. The maximum absolute atomic E-state index is 12.3. The Bertz CT molecular complexity index is 600. The van der Waals surface area contributed by atoms with Gasteiger partial charge in [0.1, 0.15) is 11.5 Å². The number of likely N-dealkylation sites (tertiary alicyclic amines) is 2. The number of rotatable bonds is 5. The van der Waals surface area contributed by atoms with Crippen LogP contribution in [0.4, 0.5) is 0 Å². The standard InChI is InChI=1S/C19H29N3O3/c1-21-8-6-15(7-9-21)22-10-5-14(13-22)12-20-19(24)17-4-3-16(25-2)11-18(17)23/h3-4,11,14-15,23H,5-10,12-13H2,1-2H3,(H,20,24). The molecule has 3 rings (SSSR count). The number of ether oxygens (including phenoxy) is 1. The first kappa shape index (κ1) is 18.0. The Morgan fingerprint density at radius 3 is 2.72 bits per heavy atom. The summed E-state index contributed by atoms with van der Waals surface area (Å²) in [5.74, 6) is 0.761. The first-order valence-corrected chi connectivity index (χ1v) is 9.14. The number of amides is 1. The first-order chi connectivity index (χ1) is 12.1. The Hall–Kier alpha value is -1.79. The Morgan fingerprint density at radius 2 is 2.04 bits per heavy atom. The zero-order valence-electron chi connectivity index (χ0n) is 15.2. The number of piperidine rings is 1. The number of methoxy groups -OCH3 is 1. The average molecular weight is 347 g/mol. The number of phenols is 1. The Balaban J connectivity index is 1.47. The zero-order valence-corrected chi connectivity index (χ0v) is 15.2. The molecule has 0 bridgehead atoms. The summed E-state index contributed by atoms with van der Waals surface area (Å²) in [4.78, 5) is 17.3. The maximum Gasteiger partial charge on any atom is 0.255 e. The normalized spacial score (nSPS) is 22.9. The highest BCUT2D eigenvalue weighted by Crippen LogP contribution is 2.25. The van der Waals surface area contributed by atoms with Crippen molar-refractivity contribution in [2.24, 2.45) is 5.92 Å². The Kier molecular flexibility index (Phi) is 5.81. The number of hydrogen-bond donors (Lipinski definition) is 2. The summed E-state index contributed by atoms with van der Waals surface area (Å²) in [6.07, 6.45) is 3.62. The van der Waals surface area contributed by atoms with Crippen molar-refractivity contribution in [3.63, 3.8) is 0 Å². The van der Waals surface area contributed by atoms with Crippen LogP contribution in [0.1, 0.15) is 29.6 Å². The predicted octanol–water partition coefficient (Wildman–Crippen LogP) is 1.55. The van der Waals surface area contributed by atoms with E-state index in [1.165, 1.54) is 39.1 Å². The highest BCUT2D eigenvalue weighted by Gasteiger charge is 2.30. The molecule has 1 aromatic carbocycles. The van der Waals surface area contributed by atoms with E-state index >= 15 is 0 Å². The molecule has 138 valence electrons.